The van der Waals surface area contributed by atoms with Gasteiger partial charge >= 0.3 is 0 Å². The minimum absolute atomic E-state index is 0.00833. The molecule has 1 aliphatic rings. The van der Waals surface area contributed by atoms with E-state index in [1.807, 2.05) is 44.2 Å². The highest BCUT2D eigenvalue weighted by molar-refractivity contribution is 6.16. The molecule has 1 N–H and O–H groups in total. The molecule has 2 heterocycles. The molecular weight excluding hydrogens is 422 g/mol. The molecule has 172 valence electrons. The summed E-state index contributed by atoms with van der Waals surface area (Å²) < 4.78 is 16.6. The number of amides is 1. The van der Waals surface area contributed by atoms with Gasteiger partial charge in [0.25, 0.3) is 5.91 Å². The van der Waals surface area contributed by atoms with Crippen LogP contribution in [0.3, 0.4) is 0 Å². The van der Waals surface area contributed by atoms with Crippen LogP contribution in [0.4, 0.5) is 0 Å². The molecule has 1 unspecified atom stereocenters. The molecule has 1 aliphatic heterocycles. The van der Waals surface area contributed by atoms with E-state index in [-0.39, 0.29) is 17.4 Å². The van der Waals surface area contributed by atoms with E-state index in [0.29, 0.717) is 36.5 Å². The Bertz CT molecular complexity index is 1160. The maximum atomic E-state index is 13.5. The normalized spacial score (nSPS) is 16.3. The maximum Gasteiger partial charge on any atom is 0.290 e. The molecule has 4 rings (SSSR count). The molecule has 1 aromatic heterocycles. The summed E-state index contributed by atoms with van der Waals surface area (Å²) in [5, 5.41) is 11.5. The maximum absolute atomic E-state index is 13.5. The van der Waals surface area contributed by atoms with Crippen molar-refractivity contribution in [3.63, 3.8) is 0 Å². The van der Waals surface area contributed by atoms with Crippen molar-refractivity contribution in [3.05, 3.63) is 77.3 Å². The number of ketones is 1. The number of hydrogen-bond donors (Lipinski definition) is 1. The zero-order chi connectivity index (χ0) is 23.5. The third kappa shape index (κ3) is 4.50. The van der Waals surface area contributed by atoms with E-state index in [0.717, 1.165) is 5.39 Å². The lowest BCUT2D eigenvalue weighted by Crippen LogP contribution is -2.32. The number of benzene rings is 2. The van der Waals surface area contributed by atoms with Crippen molar-refractivity contribution < 1.29 is 28.6 Å². The summed E-state index contributed by atoms with van der Waals surface area (Å²) in [6, 6.07) is 15.4. The molecular formula is C26H27NO6. The van der Waals surface area contributed by atoms with Gasteiger partial charge in [-0.2, -0.15) is 0 Å². The van der Waals surface area contributed by atoms with Crippen molar-refractivity contribution in [2.45, 2.75) is 32.4 Å². The van der Waals surface area contributed by atoms with Crippen LogP contribution in [-0.2, 0) is 9.53 Å². The number of fused-ring (bicyclic) bond motifs is 1. The van der Waals surface area contributed by atoms with E-state index in [1.54, 1.807) is 31.4 Å². The van der Waals surface area contributed by atoms with Crippen molar-refractivity contribution in [1.29, 1.82) is 0 Å². The zero-order valence-electron chi connectivity index (χ0n) is 18.9. The van der Waals surface area contributed by atoms with E-state index in [9.17, 15) is 14.7 Å². The number of Topliss-reactive ketones (excluding diaryl/α,β-unsaturated/α-hetero) is 1. The first kappa shape index (κ1) is 22.6. The minimum atomic E-state index is -0.747. The molecule has 0 aliphatic carbocycles. The van der Waals surface area contributed by atoms with Gasteiger partial charge in [-0.05, 0) is 50.1 Å². The smallest absolute Gasteiger partial charge is 0.290 e. The first-order valence-corrected chi connectivity index (χ1v) is 10.9. The second-order valence-electron chi connectivity index (χ2n) is 8.22. The molecule has 1 amide bonds. The van der Waals surface area contributed by atoms with Crippen LogP contribution in [0.15, 0.2) is 70.3 Å². The van der Waals surface area contributed by atoms with Crippen LogP contribution in [0.5, 0.6) is 5.75 Å². The molecule has 2 aromatic carbocycles. The lowest BCUT2D eigenvalue weighted by Gasteiger charge is -2.26. The van der Waals surface area contributed by atoms with E-state index in [4.69, 9.17) is 13.9 Å². The van der Waals surface area contributed by atoms with Crippen LogP contribution >= 0.6 is 0 Å². The predicted molar refractivity (Wildman–Crippen MR) is 123 cm³/mol. The van der Waals surface area contributed by atoms with Gasteiger partial charge in [-0.15, -0.1) is 0 Å². The van der Waals surface area contributed by atoms with Crippen LogP contribution in [0, 0.1) is 0 Å². The number of ether oxygens (including phenoxy) is 2. The van der Waals surface area contributed by atoms with E-state index in [1.165, 1.54) is 4.90 Å². The Hall–Kier alpha value is -3.58. The van der Waals surface area contributed by atoms with E-state index < -0.39 is 23.5 Å². The number of aliphatic hydroxyl groups excluding tert-OH is 1. The second-order valence-corrected chi connectivity index (χ2v) is 8.22. The van der Waals surface area contributed by atoms with Crippen molar-refractivity contribution >= 4 is 22.7 Å². The highest BCUT2D eigenvalue weighted by atomic mass is 16.5. The van der Waals surface area contributed by atoms with Gasteiger partial charge in [0.1, 0.15) is 11.3 Å². The van der Waals surface area contributed by atoms with Crippen LogP contribution < -0.4 is 4.74 Å². The number of aliphatic hydroxyl groups is 1. The summed E-state index contributed by atoms with van der Waals surface area (Å²) in [6.45, 7) is 4.64. The Labute approximate surface area is 192 Å². The topological polar surface area (TPSA) is 89.2 Å². The third-order valence-electron chi connectivity index (χ3n) is 5.51. The molecule has 0 saturated heterocycles. The van der Waals surface area contributed by atoms with E-state index >= 15 is 0 Å². The monoisotopic (exact) mass is 449 g/mol. The molecule has 0 saturated carbocycles. The minimum Gasteiger partial charge on any atom is -0.503 e. The number of carbonyl (C=O) groups excluding carboxylic acids is 2. The first-order valence-electron chi connectivity index (χ1n) is 10.9. The van der Waals surface area contributed by atoms with Crippen LogP contribution in [0.1, 0.15) is 42.4 Å². The number of carbonyl (C=O) groups is 2. The molecule has 1 atom stereocenters. The number of hydrogen-bond acceptors (Lipinski definition) is 6. The molecule has 33 heavy (non-hydrogen) atoms. The lowest BCUT2D eigenvalue weighted by atomic mass is 9.95. The van der Waals surface area contributed by atoms with Crippen molar-refractivity contribution in [2.75, 3.05) is 20.3 Å². The number of methoxy groups -OCH3 is 1. The van der Waals surface area contributed by atoms with Gasteiger partial charge in [0.15, 0.2) is 11.5 Å². The van der Waals surface area contributed by atoms with Crippen LogP contribution in [0.2, 0.25) is 0 Å². The summed E-state index contributed by atoms with van der Waals surface area (Å²) >= 11 is 0. The fraction of sp³-hybridized carbons (Fsp3) is 0.308. The lowest BCUT2D eigenvalue weighted by molar-refractivity contribution is -0.129. The number of rotatable bonds is 9. The Morgan fingerprint density at radius 2 is 1.88 bits per heavy atom. The molecule has 3 aromatic rings. The van der Waals surface area contributed by atoms with Gasteiger partial charge < -0.3 is 23.9 Å². The third-order valence-corrected chi connectivity index (χ3v) is 5.51. The standard InChI is InChI=1S/C26H27NO6/c1-16(2)32-19-11-9-17(10-12-19)23-22(25(29)26(30)27(23)13-6-14-31-3)24(28)21-15-18-7-4-5-8-20(18)33-21/h4-5,7-12,15-16,23,29H,6,13-14H2,1-3H3. The predicted octanol–water partition coefficient (Wildman–Crippen LogP) is 4.83. The van der Waals surface area contributed by atoms with Gasteiger partial charge in [0, 0.05) is 25.6 Å². The molecule has 7 heteroatoms. The average Bonchev–Trinajstić information content (AvgIpc) is 3.34. The number of para-hydroxylation sites is 1. The SMILES string of the molecule is COCCCN1C(=O)C(O)=C(C(=O)c2cc3ccccc3o2)C1c1ccc(OC(C)C)cc1. The average molecular weight is 450 g/mol. The summed E-state index contributed by atoms with van der Waals surface area (Å²) in [6.07, 6.45) is 0.579. The molecule has 0 spiro atoms. The van der Waals surface area contributed by atoms with E-state index in [2.05, 4.69) is 0 Å². The Kier molecular flexibility index (Phi) is 6.51. The van der Waals surface area contributed by atoms with Gasteiger partial charge in [0.2, 0.25) is 5.78 Å². The van der Waals surface area contributed by atoms with Gasteiger partial charge in [-0.3, -0.25) is 9.59 Å². The first-order chi connectivity index (χ1) is 15.9. The van der Waals surface area contributed by atoms with Crippen molar-refractivity contribution in [2.24, 2.45) is 0 Å². The van der Waals surface area contributed by atoms with Crippen molar-refractivity contribution in [3.8, 4) is 5.75 Å². The Morgan fingerprint density at radius 1 is 1.15 bits per heavy atom. The second kappa shape index (κ2) is 9.50. The summed E-state index contributed by atoms with van der Waals surface area (Å²) in [5.41, 5.74) is 1.27. The Morgan fingerprint density at radius 3 is 2.55 bits per heavy atom. The van der Waals surface area contributed by atoms with Gasteiger partial charge in [-0.1, -0.05) is 30.3 Å². The molecule has 0 bridgehead atoms. The fourth-order valence-electron chi connectivity index (χ4n) is 4.07. The molecule has 0 fully saturated rings. The number of nitrogens with zero attached hydrogens (tertiary/aromatic N) is 1. The van der Waals surface area contributed by atoms with Crippen molar-refractivity contribution in [1.82, 2.24) is 4.90 Å². The van der Waals surface area contributed by atoms with Crippen LogP contribution in [-0.4, -0.2) is 48.1 Å². The highest BCUT2D eigenvalue weighted by Gasteiger charge is 2.44. The number of furan rings is 1. The van der Waals surface area contributed by atoms with Crippen LogP contribution in [0.25, 0.3) is 11.0 Å². The van der Waals surface area contributed by atoms with Gasteiger partial charge in [-0.25, -0.2) is 0 Å². The summed E-state index contributed by atoms with van der Waals surface area (Å²) in [4.78, 5) is 28.0. The molecule has 0 radical (unpaired) electrons. The zero-order valence-corrected chi connectivity index (χ0v) is 18.9. The largest absolute Gasteiger partial charge is 0.503 e. The Balaban J connectivity index is 1.73. The summed E-state index contributed by atoms with van der Waals surface area (Å²) in [5.74, 6) is -0.890. The summed E-state index contributed by atoms with van der Waals surface area (Å²) in [7, 11) is 1.59. The fourth-order valence-corrected chi connectivity index (χ4v) is 4.07. The highest BCUT2D eigenvalue weighted by Crippen LogP contribution is 2.40. The molecule has 7 nitrogen and oxygen atoms in total. The van der Waals surface area contributed by atoms with Gasteiger partial charge in [0.05, 0.1) is 17.7 Å². The quantitative estimate of drug-likeness (QED) is 0.372.